The summed E-state index contributed by atoms with van der Waals surface area (Å²) in [5, 5.41) is 19.0. The van der Waals surface area contributed by atoms with Gasteiger partial charge in [0.2, 0.25) is 0 Å². The van der Waals surface area contributed by atoms with Gasteiger partial charge in [-0.25, -0.2) is 0 Å². The third kappa shape index (κ3) is 4.50. The Kier molecular flexibility index (Phi) is 6.89. The first kappa shape index (κ1) is 34.9. The second kappa shape index (κ2) is 12.6. The van der Waals surface area contributed by atoms with E-state index in [0.29, 0.717) is 0 Å². The van der Waals surface area contributed by atoms with Crippen molar-refractivity contribution in [3.63, 3.8) is 0 Å². The molecule has 64 heavy (non-hydrogen) atoms. The summed E-state index contributed by atoms with van der Waals surface area (Å²) in [5.74, 6) is 0. The predicted molar refractivity (Wildman–Crippen MR) is 278 cm³/mol. The average molecular weight is 1030 g/mol. The topological polar surface area (TPSA) is 0 Å². The first-order valence-electron chi connectivity index (χ1n) is 22.1. The molecule has 2 aliphatic rings. The number of benzene rings is 12. The van der Waals surface area contributed by atoms with Crippen molar-refractivity contribution in [3.05, 3.63) is 194 Å². The van der Waals surface area contributed by atoms with Crippen LogP contribution in [0.3, 0.4) is 0 Å². The Morgan fingerprint density at radius 2 is 0.484 bits per heavy atom. The van der Waals surface area contributed by atoms with Crippen LogP contribution in [-0.2, 0) is 0 Å². The van der Waals surface area contributed by atoms with E-state index in [0.717, 1.165) is 0 Å². The molecule has 0 amide bonds. The van der Waals surface area contributed by atoms with Crippen LogP contribution in [0.5, 0.6) is 0 Å². The molecule has 2 heteroatoms. The molecule has 0 nitrogen and oxygen atoms in total. The van der Waals surface area contributed by atoms with Crippen LogP contribution in [0, 0.1) is 0 Å². The van der Waals surface area contributed by atoms with E-state index in [9.17, 15) is 0 Å². The number of fused-ring (bicyclic) bond motifs is 17. The van der Waals surface area contributed by atoms with Crippen LogP contribution >= 0.6 is 0 Å². The van der Waals surface area contributed by atoms with Gasteiger partial charge in [0.1, 0.15) is 0 Å². The second-order valence-electron chi connectivity index (χ2n) is 17.8. The molecule has 0 fully saturated rings. The van der Waals surface area contributed by atoms with Gasteiger partial charge >= 0.3 is 391 Å². The Morgan fingerprint density at radius 3 is 0.891 bits per heavy atom. The normalized spacial score (nSPS) is 12.7. The molecule has 0 saturated carbocycles. The van der Waals surface area contributed by atoms with Crippen molar-refractivity contribution in [2.45, 2.75) is 0 Å². The molecule has 0 saturated heterocycles. The van der Waals surface area contributed by atoms with Gasteiger partial charge in [-0.05, 0) is 0 Å². The number of hydrogen-bond acceptors (Lipinski definition) is 0. The van der Waals surface area contributed by atoms with Crippen LogP contribution in [0.2, 0.25) is 0 Å². The summed E-state index contributed by atoms with van der Waals surface area (Å²) in [6.07, 6.45) is 0. The molecule has 0 spiro atoms. The van der Waals surface area contributed by atoms with Crippen molar-refractivity contribution in [2.75, 3.05) is 0 Å². The monoisotopic (exact) mass is 1040 g/mol. The van der Waals surface area contributed by atoms with E-state index in [4.69, 9.17) is 0 Å². The second-order valence-corrected chi connectivity index (χ2v) is 24.0. The minimum atomic E-state index is -0.491. The van der Waals surface area contributed by atoms with Crippen LogP contribution < -0.4 is 0 Å². The fraction of sp³-hybridized carbons (Fsp3) is 0. The molecular formula is C62H32Te2. The first-order valence-corrected chi connectivity index (χ1v) is 26.8. The van der Waals surface area contributed by atoms with E-state index in [1.54, 1.807) is 13.6 Å². The molecular weight excluding hydrogens is 1000 g/mol. The van der Waals surface area contributed by atoms with Gasteiger partial charge in [-0.15, -0.1) is 0 Å². The van der Waals surface area contributed by atoms with Gasteiger partial charge in [0.25, 0.3) is 0 Å². The van der Waals surface area contributed by atoms with Crippen molar-refractivity contribution in [3.8, 4) is 66.8 Å². The summed E-state index contributed by atoms with van der Waals surface area (Å²) in [4.78, 5) is 0. The Balaban J connectivity index is 1.12. The van der Waals surface area contributed by atoms with E-state index < -0.39 is 40.9 Å². The van der Waals surface area contributed by atoms with E-state index >= 15 is 0 Å². The van der Waals surface area contributed by atoms with Crippen molar-refractivity contribution in [1.82, 2.24) is 0 Å². The third-order valence-electron chi connectivity index (χ3n) is 14.7. The van der Waals surface area contributed by atoms with E-state index in [2.05, 4.69) is 194 Å². The number of hydrogen-bond donors (Lipinski definition) is 0. The molecule has 2 heterocycles. The standard InChI is InChI=1S/C62H32Te2/c1-3-23-55-41(15-1)61-39(21-9-25-57(61)63-55)47-31-53-52-30-46-38-20-8-14-34-12-6-18-36(60(34)38)44(46)28-50(52)48(40-22-10-26-58-62(40)42-16-2-4-24-56(42)64-58)32-54(53)51-29-45-37-19-7-13-33-11-5-17-35(59(33)37)43(45)27-49(47)51/h1-32H. The first-order chi connectivity index (χ1) is 31.7. The molecule has 0 unspecified atom stereocenters. The minimum absolute atomic E-state index is 0.491. The molecule has 0 atom stereocenters. The van der Waals surface area contributed by atoms with Gasteiger partial charge in [0.05, 0.1) is 0 Å². The van der Waals surface area contributed by atoms with Crippen molar-refractivity contribution >= 4 is 130 Å². The molecule has 0 N–H and O–H groups in total. The molecule has 0 aliphatic heterocycles. The molecule has 14 aromatic rings. The molecule has 2 aromatic heterocycles. The van der Waals surface area contributed by atoms with Crippen LogP contribution in [-0.4, -0.2) is 40.9 Å². The molecule has 12 aromatic carbocycles. The molecule has 16 rings (SSSR count). The van der Waals surface area contributed by atoms with Gasteiger partial charge in [0, 0.05) is 0 Å². The maximum absolute atomic E-state index is 2.60. The van der Waals surface area contributed by atoms with Crippen molar-refractivity contribution < 1.29 is 0 Å². The summed E-state index contributed by atoms with van der Waals surface area (Å²) in [5.41, 5.74) is 16.1. The van der Waals surface area contributed by atoms with E-state index in [1.165, 1.54) is 142 Å². The zero-order chi connectivity index (χ0) is 41.4. The van der Waals surface area contributed by atoms with Crippen LogP contribution in [0.4, 0.5) is 0 Å². The van der Waals surface area contributed by atoms with E-state index in [1.807, 2.05) is 0 Å². The molecule has 0 radical (unpaired) electrons. The summed E-state index contributed by atoms with van der Waals surface area (Å²) >= 11 is -0.982. The quantitative estimate of drug-likeness (QED) is 0.120. The summed E-state index contributed by atoms with van der Waals surface area (Å²) in [7, 11) is 0. The number of rotatable bonds is 2. The molecule has 2 aliphatic carbocycles. The summed E-state index contributed by atoms with van der Waals surface area (Å²) in [6, 6.07) is 75.6. The Morgan fingerprint density at radius 1 is 0.188 bits per heavy atom. The summed E-state index contributed by atoms with van der Waals surface area (Å²) in [6.45, 7) is 0. The van der Waals surface area contributed by atoms with E-state index in [-0.39, 0.29) is 0 Å². The maximum atomic E-state index is 2.60. The Hall–Kier alpha value is -6.48. The average Bonchev–Trinajstić information content (AvgIpc) is 4.10. The predicted octanol–water partition coefficient (Wildman–Crippen LogP) is 16.8. The van der Waals surface area contributed by atoms with Crippen LogP contribution in [0.25, 0.3) is 156 Å². The Labute approximate surface area is 387 Å². The van der Waals surface area contributed by atoms with Gasteiger partial charge in [0.15, 0.2) is 0 Å². The molecule has 0 bridgehead atoms. The molecule has 292 valence electrons. The van der Waals surface area contributed by atoms with Gasteiger partial charge in [-0.1, -0.05) is 0 Å². The zero-order valence-corrected chi connectivity index (χ0v) is 39.0. The van der Waals surface area contributed by atoms with Crippen LogP contribution in [0.15, 0.2) is 194 Å². The van der Waals surface area contributed by atoms with Crippen molar-refractivity contribution in [2.24, 2.45) is 0 Å². The SMILES string of the molecule is c1cc2c3c(cccc3c1)-c1cc3c(cc1-2)c(-c1cccc2[te]c4ccccc4c12)cc1c2cc4c(cc2c(-c2cccc5[te]c6ccccc6c25)cc31)-c1cccc2cccc-4c12. The zero-order valence-electron chi connectivity index (χ0n) is 34.3. The van der Waals surface area contributed by atoms with Gasteiger partial charge in [-0.3, -0.25) is 0 Å². The fourth-order valence-corrected chi connectivity index (χ4v) is 18.5. The van der Waals surface area contributed by atoms with Crippen LogP contribution in [0.1, 0.15) is 0 Å². The summed E-state index contributed by atoms with van der Waals surface area (Å²) < 4.78 is 6.17. The van der Waals surface area contributed by atoms with Gasteiger partial charge in [-0.2, -0.15) is 0 Å². The Bertz CT molecular complexity index is 4180. The van der Waals surface area contributed by atoms with Crippen molar-refractivity contribution in [1.29, 1.82) is 0 Å². The third-order valence-corrected chi connectivity index (χ3v) is 21.2. The fourth-order valence-electron chi connectivity index (χ4n) is 12.1. The van der Waals surface area contributed by atoms with Gasteiger partial charge < -0.3 is 0 Å².